The van der Waals surface area contributed by atoms with Crippen molar-refractivity contribution in [3.05, 3.63) is 0 Å². The molecule has 0 unspecified atom stereocenters. The molecule has 0 aliphatic heterocycles. The first-order valence-corrected chi connectivity index (χ1v) is 5.71. The maximum Gasteiger partial charge on any atom is 0.166 e. The van der Waals surface area contributed by atoms with E-state index >= 15 is 0 Å². The van der Waals surface area contributed by atoms with Gasteiger partial charge in [-0.1, -0.05) is 13.3 Å². The van der Waals surface area contributed by atoms with E-state index < -0.39 is 0 Å². The Kier molecular flexibility index (Phi) is 8.98. The van der Waals surface area contributed by atoms with Crippen molar-refractivity contribution in [2.45, 2.75) is 39.7 Å². The monoisotopic (exact) mass is 218 g/mol. The van der Waals surface area contributed by atoms with Gasteiger partial charge in [0.2, 0.25) is 0 Å². The molecule has 0 radical (unpaired) electrons. The fraction of sp³-hybridized carbons (Fsp3) is 0.900. The fourth-order valence-corrected chi connectivity index (χ4v) is 1.10. The van der Waals surface area contributed by atoms with Gasteiger partial charge in [-0.3, -0.25) is 0 Å². The van der Waals surface area contributed by atoms with Crippen LogP contribution in [0.3, 0.4) is 0 Å². The van der Waals surface area contributed by atoms with E-state index in [1.807, 2.05) is 13.8 Å². The Morgan fingerprint density at radius 3 is 2.50 bits per heavy atom. The van der Waals surface area contributed by atoms with Crippen LogP contribution in [0.15, 0.2) is 0 Å². The lowest BCUT2D eigenvalue weighted by Crippen LogP contribution is -2.37. The number of thiocarbonyl (C=S) groups is 1. The highest BCUT2D eigenvalue weighted by Gasteiger charge is 1.95. The third-order valence-electron chi connectivity index (χ3n) is 1.65. The lowest BCUT2D eigenvalue weighted by Gasteiger charge is -2.11. The molecule has 0 saturated heterocycles. The van der Waals surface area contributed by atoms with E-state index in [4.69, 9.17) is 17.0 Å². The summed E-state index contributed by atoms with van der Waals surface area (Å²) < 4.78 is 5.37. The highest BCUT2D eigenvalue weighted by Crippen LogP contribution is 1.85. The van der Waals surface area contributed by atoms with Crippen LogP contribution in [0.25, 0.3) is 0 Å². The summed E-state index contributed by atoms with van der Waals surface area (Å²) in [6.07, 6.45) is 2.63. The van der Waals surface area contributed by atoms with Crippen molar-refractivity contribution in [2.24, 2.45) is 0 Å². The molecular weight excluding hydrogens is 196 g/mol. The van der Waals surface area contributed by atoms with Gasteiger partial charge in [0.05, 0.1) is 12.7 Å². The Morgan fingerprint density at radius 1 is 1.29 bits per heavy atom. The van der Waals surface area contributed by atoms with Crippen LogP contribution in [0.2, 0.25) is 0 Å². The van der Waals surface area contributed by atoms with Crippen LogP contribution < -0.4 is 10.6 Å². The first-order chi connectivity index (χ1) is 6.66. The molecule has 0 amide bonds. The van der Waals surface area contributed by atoms with E-state index in [1.165, 1.54) is 6.42 Å². The number of hydrogen-bond acceptors (Lipinski definition) is 2. The lowest BCUT2D eigenvalue weighted by molar-refractivity contribution is 0.0830. The van der Waals surface area contributed by atoms with Crippen molar-refractivity contribution in [2.75, 3.05) is 19.7 Å². The zero-order valence-electron chi connectivity index (χ0n) is 9.43. The van der Waals surface area contributed by atoms with Crippen LogP contribution >= 0.6 is 12.2 Å². The number of ether oxygens (including phenoxy) is 1. The Morgan fingerprint density at radius 2 is 1.93 bits per heavy atom. The predicted molar refractivity (Wildman–Crippen MR) is 64.6 cm³/mol. The third kappa shape index (κ3) is 9.74. The SMILES string of the molecule is CCCCNC(=S)NCCOC(C)C. The van der Waals surface area contributed by atoms with E-state index in [9.17, 15) is 0 Å². The predicted octanol–water partition coefficient (Wildman–Crippen LogP) is 1.68. The lowest BCUT2D eigenvalue weighted by atomic mass is 10.3. The summed E-state index contributed by atoms with van der Waals surface area (Å²) in [6.45, 7) is 8.64. The zero-order chi connectivity index (χ0) is 10.8. The van der Waals surface area contributed by atoms with E-state index in [0.717, 1.165) is 24.6 Å². The summed E-state index contributed by atoms with van der Waals surface area (Å²) >= 11 is 5.07. The number of rotatable bonds is 7. The Bertz CT molecular complexity index is 151. The van der Waals surface area contributed by atoms with Crippen molar-refractivity contribution < 1.29 is 4.74 Å². The third-order valence-corrected chi connectivity index (χ3v) is 1.94. The zero-order valence-corrected chi connectivity index (χ0v) is 10.2. The molecule has 0 fully saturated rings. The van der Waals surface area contributed by atoms with E-state index in [-0.39, 0.29) is 0 Å². The fourth-order valence-electron chi connectivity index (χ4n) is 0.900. The van der Waals surface area contributed by atoms with Gasteiger partial charge in [-0.15, -0.1) is 0 Å². The van der Waals surface area contributed by atoms with Crippen molar-refractivity contribution >= 4 is 17.3 Å². The van der Waals surface area contributed by atoms with Gasteiger partial charge in [0.15, 0.2) is 5.11 Å². The molecule has 0 aromatic rings. The second kappa shape index (κ2) is 9.21. The van der Waals surface area contributed by atoms with Crippen LogP contribution in [-0.2, 0) is 4.74 Å². The molecule has 0 aromatic carbocycles. The largest absolute Gasteiger partial charge is 0.377 e. The first kappa shape index (κ1) is 13.7. The maximum atomic E-state index is 5.37. The Balaban J connectivity index is 3.18. The Labute approximate surface area is 92.6 Å². The summed E-state index contributed by atoms with van der Waals surface area (Å²) in [5.41, 5.74) is 0. The van der Waals surface area contributed by atoms with Gasteiger partial charge < -0.3 is 15.4 Å². The summed E-state index contributed by atoms with van der Waals surface area (Å²) in [5.74, 6) is 0. The van der Waals surface area contributed by atoms with Crippen LogP contribution in [0.1, 0.15) is 33.6 Å². The van der Waals surface area contributed by atoms with Gasteiger partial charge in [0.1, 0.15) is 0 Å². The molecule has 0 saturated carbocycles. The molecule has 0 rings (SSSR count). The second-order valence-electron chi connectivity index (χ2n) is 3.46. The minimum absolute atomic E-state index is 0.290. The molecule has 0 spiro atoms. The van der Waals surface area contributed by atoms with Crippen LogP contribution in [0.4, 0.5) is 0 Å². The maximum absolute atomic E-state index is 5.37. The molecular formula is C10H22N2OS. The van der Waals surface area contributed by atoms with Gasteiger partial charge in [0.25, 0.3) is 0 Å². The smallest absolute Gasteiger partial charge is 0.166 e. The summed E-state index contributed by atoms with van der Waals surface area (Å²) in [7, 11) is 0. The normalized spacial score (nSPS) is 10.3. The average Bonchev–Trinajstić information content (AvgIpc) is 2.13. The Hall–Kier alpha value is -0.350. The highest BCUT2D eigenvalue weighted by molar-refractivity contribution is 7.80. The number of nitrogens with one attached hydrogen (secondary N) is 2. The average molecular weight is 218 g/mol. The minimum atomic E-state index is 0.290. The van der Waals surface area contributed by atoms with E-state index in [1.54, 1.807) is 0 Å². The van der Waals surface area contributed by atoms with Gasteiger partial charge in [-0.05, 0) is 32.5 Å². The molecule has 0 heterocycles. The van der Waals surface area contributed by atoms with Crippen molar-refractivity contribution in [1.29, 1.82) is 0 Å². The van der Waals surface area contributed by atoms with Crippen LogP contribution in [0.5, 0.6) is 0 Å². The van der Waals surface area contributed by atoms with Gasteiger partial charge in [0, 0.05) is 13.1 Å². The van der Waals surface area contributed by atoms with Crippen molar-refractivity contribution in [3.63, 3.8) is 0 Å². The first-order valence-electron chi connectivity index (χ1n) is 5.30. The molecule has 0 aromatic heterocycles. The summed E-state index contributed by atoms with van der Waals surface area (Å²) in [4.78, 5) is 0. The molecule has 0 aliphatic rings. The van der Waals surface area contributed by atoms with Crippen molar-refractivity contribution in [3.8, 4) is 0 Å². The highest BCUT2D eigenvalue weighted by atomic mass is 32.1. The minimum Gasteiger partial charge on any atom is -0.377 e. The molecule has 0 atom stereocenters. The van der Waals surface area contributed by atoms with E-state index in [0.29, 0.717) is 12.7 Å². The number of unbranched alkanes of at least 4 members (excludes halogenated alkanes) is 1. The molecule has 2 N–H and O–H groups in total. The number of hydrogen-bond donors (Lipinski definition) is 2. The topological polar surface area (TPSA) is 33.3 Å². The van der Waals surface area contributed by atoms with Gasteiger partial charge >= 0.3 is 0 Å². The summed E-state index contributed by atoms with van der Waals surface area (Å²) in [5, 5.41) is 6.96. The van der Waals surface area contributed by atoms with Crippen LogP contribution in [-0.4, -0.2) is 30.9 Å². The van der Waals surface area contributed by atoms with Crippen molar-refractivity contribution in [1.82, 2.24) is 10.6 Å². The molecule has 0 aliphatic carbocycles. The molecule has 4 heteroatoms. The molecule has 0 bridgehead atoms. The second-order valence-corrected chi connectivity index (χ2v) is 3.86. The van der Waals surface area contributed by atoms with Gasteiger partial charge in [-0.2, -0.15) is 0 Å². The van der Waals surface area contributed by atoms with Gasteiger partial charge in [-0.25, -0.2) is 0 Å². The standard InChI is InChI=1S/C10H22N2OS/c1-4-5-6-11-10(14)12-7-8-13-9(2)3/h9H,4-8H2,1-3H3,(H2,11,12,14). The summed E-state index contributed by atoms with van der Waals surface area (Å²) in [6, 6.07) is 0. The molecule has 84 valence electrons. The molecule has 14 heavy (non-hydrogen) atoms. The van der Waals surface area contributed by atoms with E-state index in [2.05, 4.69) is 17.6 Å². The molecule has 3 nitrogen and oxygen atoms in total. The van der Waals surface area contributed by atoms with Crippen LogP contribution in [0, 0.1) is 0 Å². The quantitative estimate of drug-likeness (QED) is 0.503.